The predicted octanol–water partition coefficient (Wildman–Crippen LogP) is 1.62. The van der Waals surface area contributed by atoms with Crippen molar-refractivity contribution in [2.24, 2.45) is 0 Å². The molecule has 1 heterocycles. The highest BCUT2D eigenvalue weighted by Crippen LogP contribution is 2.19. The van der Waals surface area contributed by atoms with Crippen molar-refractivity contribution >= 4 is 42.3 Å². The normalized spacial score (nSPS) is 11.3. The third kappa shape index (κ3) is 2.96. The van der Waals surface area contributed by atoms with Gasteiger partial charge in [-0.3, -0.25) is 0 Å². The van der Waals surface area contributed by atoms with Crippen molar-refractivity contribution in [1.29, 1.82) is 0 Å². The van der Waals surface area contributed by atoms with E-state index >= 15 is 0 Å². The summed E-state index contributed by atoms with van der Waals surface area (Å²) < 4.78 is 27.3. The fourth-order valence-electron chi connectivity index (χ4n) is 0.680. The molecule has 7 heteroatoms. The minimum Gasteiger partial charge on any atom is -0.481 e. The third-order valence-corrected chi connectivity index (χ3v) is 3.01. The molecule has 0 radical (unpaired) electrons. The lowest BCUT2D eigenvalue weighted by molar-refractivity contribution is 0.393. The Labute approximate surface area is 93.8 Å². The summed E-state index contributed by atoms with van der Waals surface area (Å²) in [6.07, 6.45) is 0. The van der Waals surface area contributed by atoms with Gasteiger partial charge in [0.2, 0.25) is 5.88 Å². The quantitative estimate of drug-likeness (QED) is 0.610. The molecule has 1 aromatic rings. The highest BCUT2D eigenvalue weighted by atomic mass is 127. The molecule has 0 saturated carbocycles. The molecular weight excluding hydrogens is 328 g/mol. The Hall–Kier alpha value is -0.0800. The molecule has 0 saturated heterocycles. The molecule has 0 bridgehead atoms. The molecule has 0 amide bonds. The molecule has 0 aromatic carbocycles. The highest BCUT2D eigenvalue weighted by molar-refractivity contribution is 14.1. The lowest BCUT2D eigenvalue weighted by atomic mass is 10.5. The standard InChI is InChI=1S/C6H5ClINO3S/c1-12-5-2-4(8)3-6(9-5)13(7,10)11/h2-3H,1H3. The van der Waals surface area contributed by atoms with E-state index in [1.54, 1.807) is 6.07 Å². The summed E-state index contributed by atoms with van der Waals surface area (Å²) in [5.74, 6) is 0.228. The number of aromatic nitrogens is 1. The number of halogens is 2. The Balaban J connectivity index is 3.33. The molecule has 1 aromatic heterocycles. The van der Waals surface area contributed by atoms with E-state index in [2.05, 4.69) is 4.98 Å². The second-order valence-electron chi connectivity index (χ2n) is 2.10. The maximum atomic E-state index is 10.9. The molecule has 0 aliphatic rings. The van der Waals surface area contributed by atoms with Crippen LogP contribution in [-0.4, -0.2) is 20.5 Å². The Morgan fingerprint density at radius 1 is 1.54 bits per heavy atom. The molecule has 0 unspecified atom stereocenters. The zero-order valence-electron chi connectivity index (χ0n) is 6.49. The van der Waals surface area contributed by atoms with Crippen molar-refractivity contribution < 1.29 is 13.2 Å². The van der Waals surface area contributed by atoms with Crippen LogP contribution in [0.4, 0.5) is 0 Å². The van der Waals surface area contributed by atoms with Gasteiger partial charge in [-0.2, -0.15) is 0 Å². The van der Waals surface area contributed by atoms with E-state index in [4.69, 9.17) is 15.4 Å². The van der Waals surface area contributed by atoms with Gasteiger partial charge in [-0.05, 0) is 28.7 Å². The summed E-state index contributed by atoms with van der Waals surface area (Å²) in [6, 6.07) is 2.97. The molecule has 72 valence electrons. The zero-order valence-corrected chi connectivity index (χ0v) is 10.2. The summed E-state index contributed by atoms with van der Waals surface area (Å²) in [5, 5.41) is -0.196. The first-order chi connectivity index (χ1) is 5.93. The zero-order chi connectivity index (χ0) is 10.1. The van der Waals surface area contributed by atoms with Gasteiger partial charge in [-0.25, -0.2) is 13.4 Å². The second-order valence-corrected chi connectivity index (χ2v) is 5.86. The van der Waals surface area contributed by atoms with Crippen molar-refractivity contribution in [2.75, 3.05) is 7.11 Å². The van der Waals surface area contributed by atoms with Gasteiger partial charge in [0.05, 0.1) is 7.11 Å². The summed E-state index contributed by atoms with van der Waals surface area (Å²) in [6.45, 7) is 0. The monoisotopic (exact) mass is 333 g/mol. The first-order valence-electron chi connectivity index (χ1n) is 3.10. The average molecular weight is 334 g/mol. The summed E-state index contributed by atoms with van der Waals surface area (Å²) >= 11 is 1.95. The van der Waals surface area contributed by atoms with Gasteiger partial charge in [0.1, 0.15) is 0 Å². The van der Waals surface area contributed by atoms with E-state index in [0.29, 0.717) is 3.57 Å². The first-order valence-corrected chi connectivity index (χ1v) is 6.48. The van der Waals surface area contributed by atoms with E-state index < -0.39 is 9.05 Å². The van der Waals surface area contributed by atoms with Gasteiger partial charge in [0, 0.05) is 20.3 Å². The molecule has 13 heavy (non-hydrogen) atoms. The van der Waals surface area contributed by atoms with Crippen LogP contribution >= 0.6 is 33.3 Å². The van der Waals surface area contributed by atoms with Crippen LogP contribution in [0.2, 0.25) is 0 Å². The smallest absolute Gasteiger partial charge is 0.278 e. The topological polar surface area (TPSA) is 56.3 Å². The van der Waals surface area contributed by atoms with Crippen LogP contribution in [0.15, 0.2) is 17.2 Å². The Morgan fingerprint density at radius 3 is 2.62 bits per heavy atom. The third-order valence-electron chi connectivity index (χ3n) is 1.20. The molecule has 1 rings (SSSR count). The number of hydrogen-bond donors (Lipinski definition) is 0. The summed E-state index contributed by atoms with van der Waals surface area (Å²) in [7, 11) is 2.73. The SMILES string of the molecule is COc1cc(I)cc(S(=O)(=O)Cl)n1. The van der Waals surface area contributed by atoms with Crippen molar-refractivity contribution in [3.05, 3.63) is 15.7 Å². The van der Waals surface area contributed by atoms with Gasteiger partial charge >= 0.3 is 0 Å². The second kappa shape index (κ2) is 3.97. The fraction of sp³-hybridized carbons (Fsp3) is 0.167. The van der Waals surface area contributed by atoms with Crippen molar-refractivity contribution in [3.8, 4) is 5.88 Å². The van der Waals surface area contributed by atoms with E-state index in [1.807, 2.05) is 22.6 Å². The highest BCUT2D eigenvalue weighted by Gasteiger charge is 2.13. The number of hydrogen-bond acceptors (Lipinski definition) is 4. The Kier molecular flexibility index (Phi) is 3.36. The van der Waals surface area contributed by atoms with Crippen LogP contribution < -0.4 is 4.74 Å². The maximum absolute atomic E-state index is 10.9. The van der Waals surface area contributed by atoms with Gasteiger partial charge < -0.3 is 4.74 Å². The molecule has 0 aliphatic heterocycles. The molecule has 0 fully saturated rings. The van der Waals surface area contributed by atoms with Crippen LogP contribution in [0.25, 0.3) is 0 Å². The van der Waals surface area contributed by atoms with Crippen molar-refractivity contribution in [3.63, 3.8) is 0 Å². The molecule has 4 nitrogen and oxygen atoms in total. The molecule has 0 aliphatic carbocycles. The molecule has 0 N–H and O–H groups in total. The average Bonchev–Trinajstić information content (AvgIpc) is 2.01. The van der Waals surface area contributed by atoms with E-state index in [-0.39, 0.29) is 10.9 Å². The minimum absolute atomic E-state index is 0.196. The Bertz CT molecular complexity index is 420. The predicted molar refractivity (Wildman–Crippen MR) is 56.5 cm³/mol. The first kappa shape index (κ1) is 11.0. The number of nitrogens with zero attached hydrogens (tertiary/aromatic N) is 1. The van der Waals surface area contributed by atoms with E-state index in [0.717, 1.165) is 0 Å². The van der Waals surface area contributed by atoms with Gasteiger partial charge in [-0.15, -0.1) is 0 Å². The number of methoxy groups -OCH3 is 1. The maximum Gasteiger partial charge on any atom is 0.278 e. The molecule has 0 atom stereocenters. The Morgan fingerprint density at radius 2 is 2.15 bits per heavy atom. The number of ether oxygens (including phenoxy) is 1. The van der Waals surface area contributed by atoms with E-state index in [9.17, 15) is 8.42 Å². The summed E-state index contributed by atoms with van der Waals surface area (Å²) in [5.41, 5.74) is 0. The van der Waals surface area contributed by atoms with E-state index in [1.165, 1.54) is 13.2 Å². The number of pyridine rings is 1. The lowest BCUT2D eigenvalue weighted by Crippen LogP contribution is -1.98. The minimum atomic E-state index is -3.78. The van der Waals surface area contributed by atoms with Gasteiger partial charge in [0.25, 0.3) is 9.05 Å². The number of rotatable bonds is 2. The van der Waals surface area contributed by atoms with Gasteiger partial charge in [0.15, 0.2) is 5.03 Å². The van der Waals surface area contributed by atoms with Crippen LogP contribution in [0.5, 0.6) is 5.88 Å². The fourth-order valence-corrected chi connectivity index (χ4v) is 2.16. The largest absolute Gasteiger partial charge is 0.481 e. The summed E-state index contributed by atoms with van der Waals surface area (Å²) in [4.78, 5) is 3.68. The van der Waals surface area contributed by atoms with Crippen LogP contribution in [0.3, 0.4) is 0 Å². The van der Waals surface area contributed by atoms with Crippen molar-refractivity contribution in [1.82, 2.24) is 4.98 Å². The van der Waals surface area contributed by atoms with Gasteiger partial charge in [-0.1, -0.05) is 0 Å². The lowest BCUT2D eigenvalue weighted by Gasteiger charge is -2.01. The van der Waals surface area contributed by atoms with Crippen LogP contribution in [0.1, 0.15) is 0 Å². The molecule has 0 spiro atoms. The molecular formula is C6H5ClINO3S. The van der Waals surface area contributed by atoms with Crippen molar-refractivity contribution in [2.45, 2.75) is 5.03 Å². The van der Waals surface area contributed by atoms with Crippen LogP contribution in [-0.2, 0) is 9.05 Å². The van der Waals surface area contributed by atoms with Crippen LogP contribution in [0, 0.1) is 3.57 Å².